The summed E-state index contributed by atoms with van der Waals surface area (Å²) in [4.78, 5) is 19.3. The Balaban J connectivity index is 1.45. The van der Waals surface area contributed by atoms with Gasteiger partial charge in [-0.1, -0.05) is 42.5 Å². The van der Waals surface area contributed by atoms with Crippen molar-refractivity contribution in [1.82, 2.24) is 19.6 Å². The second kappa shape index (κ2) is 11.2. The zero-order valence-corrected chi connectivity index (χ0v) is 21.6. The first-order valence-corrected chi connectivity index (χ1v) is 13.3. The molecule has 1 atom stereocenters. The molecule has 1 aliphatic rings. The zero-order valence-electron chi connectivity index (χ0n) is 20.8. The van der Waals surface area contributed by atoms with E-state index in [2.05, 4.69) is 70.9 Å². The van der Waals surface area contributed by atoms with Crippen molar-refractivity contribution in [3.63, 3.8) is 0 Å². The average Bonchev–Trinajstić information content (AvgIpc) is 3.21. The molecule has 0 N–H and O–H groups in total. The largest absolute Gasteiger partial charge is 0.337 e. The Kier molecular flexibility index (Phi) is 8.11. The van der Waals surface area contributed by atoms with E-state index in [1.54, 1.807) is 16.4 Å². The van der Waals surface area contributed by atoms with E-state index in [1.165, 1.54) is 16.0 Å². The Hall–Kier alpha value is -2.57. The molecule has 6 heteroatoms. The Morgan fingerprint density at radius 2 is 1.76 bits per heavy atom. The molecule has 1 fully saturated rings. The SMILES string of the molecule is CSc1ccc(CN2CCC([C@@H](Cc3ccccc3)N(C)C(=O)c3cc(C)nn3C)CC2)cc1. The molecule has 180 valence electrons. The average molecular weight is 477 g/mol. The van der Waals surface area contributed by atoms with Gasteiger partial charge in [-0.2, -0.15) is 5.10 Å². The monoisotopic (exact) mass is 476 g/mol. The standard InChI is InChI=1S/C28H36N4OS/c1-21-18-27(31(3)29-21)28(33)30(2)26(19-22-8-6-5-7-9-22)24-14-16-32(17-15-24)20-23-10-12-25(34-4)13-11-23/h5-13,18,24,26H,14-17,19-20H2,1-4H3/t26-/m1/s1. The van der Waals surface area contributed by atoms with Crippen LogP contribution in [0.4, 0.5) is 0 Å². The molecule has 0 radical (unpaired) electrons. The lowest BCUT2D eigenvalue weighted by molar-refractivity contribution is 0.0575. The van der Waals surface area contributed by atoms with Crippen molar-refractivity contribution in [3.05, 3.63) is 83.2 Å². The third kappa shape index (κ3) is 5.91. The van der Waals surface area contributed by atoms with E-state index in [0.717, 1.165) is 44.6 Å². The van der Waals surface area contributed by atoms with E-state index in [1.807, 2.05) is 32.0 Å². The van der Waals surface area contributed by atoms with Gasteiger partial charge in [-0.25, -0.2) is 0 Å². The summed E-state index contributed by atoms with van der Waals surface area (Å²) >= 11 is 1.78. The summed E-state index contributed by atoms with van der Waals surface area (Å²) in [5.74, 6) is 0.527. The summed E-state index contributed by atoms with van der Waals surface area (Å²) in [7, 11) is 3.82. The van der Waals surface area contributed by atoms with Gasteiger partial charge < -0.3 is 4.90 Å². The molecule has 34 heavy (non-hydrogen) atoms. The number of aryl methyl sites for hydroxylation is 2. The van der Waals surface area contributed by atoms with Gasteiger partial charge in [0.15, 0.2) is 0 Å². The summed E-state index contributed by atoms with van der Waals surface area (Å²) in [6, 6.07) is 21.5. The van der Waals surface area contributed by atoms with Crippen molar-refractivity contribution in [1.29, 1.82) is 0 Å². The van der Waals surface area contributed by atoms with E-state index in [4.69, 9.17) is 0 Å². The Morgan fingerprint density at radius 3 is 2.35 bits per heavy atom. The van der Waals surface area contributed by atoms with Crippen LogP contribution in [0.25, 0.3) is 0 Å². The number of thioether (sulfide) groups is 1. The Labute approximate surface area is 208 Å². The number of hydrogen-bond donors (Lipinski definition) is 0. The van der Waals surface area contributed by atoms with Crippen molar-refractivity contribution >= 4 is 17.7 Å². The molecule has 0 unspecified atom stereocenters. The van der Waals surface area contributed by atoms with Crippen LogP contribution in [0, 0.1) is 12.8 Å². The first-order chi connectivity index (χ1) is 16.4. The molecule has 3 aromatic rings. The van der Waals surface area contributed by atoms with Gasteiger partial charge in [0.2, 0.25) is 0 Å². The number of nitrogens with zero attached hydrogens (tertiary/aromatic N) is 4. The number of carbonyl (C=O) groups is 1. The number of carbonyl (C=O) groups excluding carboxylic acids is 1. The first-order valence-electron chi connectivity index (χ1n) is 12.1. The number of rotatable bonds is 8. The summed E-state index contributed by atoms with van der Waals surface area (Å²) < 4.78 is 1.71. The van der Waals surface area contributed by atoms with Gasteiger partial charge in [-0.15, -0.1) is 11.8 Å². The molecule has 2 heterocycles. The molecule has 1 saturated heterocycles. The van der Waals surface area contributed by atoms with Gasteiger partial charge >= 0.3 is 0 Å². The molecule has 0 aliphatic carbocycles. The van der Waals surface area contributed by atoms with Gasteiger partial charge in [-0.3, -0.25) is 14.4 Å². The van der Waals surface area contributed by atoms with Crippen LogP contribution in [0.5, 0.6) is 0 Å². The fourth-order valence-corrected chi connectivity index (χ4v) is 5.51. The molecule has 0 spiro atoms. The molecule has 0 bridgehead atoms. The molecular formula is C28H36N4OS. The highest BCUT2D eigenvalue weighted by Gasteiger charge is 2.32. The number of amides is 1. The molecule has 5 nitrogen and oxygen atoms in total. The second-order valence-corrected chi connectivity index (χ2v) is 10.3. The van der Waals surface area contributed by atoms with Crippen LogP contribution in [0.1, 0.15) is 40.2 Å². The van der Waals surface area contributed by atoms with Crippen LogP contribution in [0.3, 0.4) is 0 Å². The molecule has 4 rings (SSSR count). The molecule has 2 aromatic carbocycles. The van der Waals surface area contributed by atoms with Gasteiger partial charge in [0.1, 0.15) is 5.69 Å². The van der Waals surface area contributed by atoms with Crippen molar-refractivity contribution in [2.24, 2.45) is 13.0 Å². The van der Waals surface area contributed by atoms with Crippen molar-refractivity contribution in [2.75, 3.05) is 26.4 Å². The lowest BCUT2D eigenvalue weighted by atomic mass is 9.84. The third-order valence-corrected chi connectivity index (χ3v) is 7.81. The summed E-state index contributed by atoms with van der Waals surface area (Å²) in [5.41, 5.74) is 4.18. The van der Waals surface area contributed by atoms with E-state index in [9.17, 15) is 4.79 Å². The number of likely N-dealkylation sites (tertiary alicyclic amines) is 1. The van der Waals surface area contributed by atoms with Crippen LogP contribution in [0.15, 0.2) is 65.6 Å². The Morgan fingerprint density at radius 1 is 1.09 bits per heavy atom. The van der Waals surface area contributed by atoms with Crippen molar-refractivity contribution in [2.45, 2.75) is 43.7 Å². The summed E-state index contributed by atoms with van der Waals surface area (Å²) in [6.07, 6.45) is 5.19. The minimum absolute atomic E-state index is 0.0559. The van der Waals surface area contributed by atoms with Crippen molar-refractivity contribution in [3.8, 4) is 0 Å². The van der Waals surface area contributed by atoms with Crippen LogP contribution in [-0.4, -0.2) is 57.9 Å². The normalized spacial score (nSPS) is 15.9. The first kappa shape index (κ1) is 24.6. The molecular weight excluding hydrogens is 440 g/mol. The highest BCUT2D eigenvalue weighted by atomic mass is 32.2. The third-order valence-electron chi connectivity index (χ3n) is 7.07. The highest BCUT2D eigenvalue weighted by molar-refractivity contribution is 7.98. The number of likely N-dealkylation sites (N-methyl/N-ethyl adjacent to an activating group) is 1. The predicted octanol–water partition coefficient (Wildman–Crippen LogP) is 5.05. The maximum atomic E-state index is 13.5. The molecule has 0 saturated carbocycles. The quantitative estimate of drug-likeness (QED) is 0.427. The van der Waals surface area contributed by atoms with E-state index < -0.39 is 0 Å². The van der Waals surface area contributed by atoms with Gasteiger partial charge in [0.05, 0.1) is 5.69 Å². The molecule has 1 aliphatic heterocycles. The second-order valence-electron chi connectivity index (χ2n) is 9.43. The lowest BCUT2D eigenvalue weighted by Gasteiger charge is -2.40. The van der Waals surface area contributed by atoms with Crippen molar-refractivity contribution < 1.29 is 4.79 Å². The zero-order chi connectivity index (χ0) is 24.1. The van der Waals surface area contributed by atoms with Crippen LogP contribution >= 0.6 is 11.8 Å². The summed E-state index contributed by atoms with van der Waals surface area (Å²) in [6.45, 7) is 5.05. The lowest BCUT2D eigenvalue weighted by Crippen LogP contribution is -2.47. The number of piperidine rings is 1. The number of benzene rings is 2. The van der Waals surface area contributed by atoms with Crippen LogP contribution < -0.4 is 0 Å². The number of hydrogen-bond acceptors (Lipinski definition) is 4. The Bertz CT molecular complexity index is 1070. The van der Waals surface area contributed by atoms with Gasteiger partial charge in [-0.05, 0) is 80.8 Å². The smallest absolute Gasteiger partial charge is 0.272 e. The van der Waals surface area contributed by atoms with Gasteiger partial charge in [0.25, 0.3) is 5.91 Å². The van der Waals surface area contributed by atoms with E-state index in [0.29, 0.717) is 11.6 Å². The van der Waals surface area contributed by atoms with E-state index in [-0.39, 0.29) is 11.9 Å². The van der Waals surface area contributed by atoms with Crippen LogP contribution in [0.2, 0.25) is 0 Å². The fourth-order valence-electron chi connectivity index (χ4n) is 5.10. The van der Waals surface area contributed by atoms with Gasteiger partial charge in [0, 0.05) is 31.6 Å². The molecule has 1 aromatic heterocycles. The fraction of sp³-hybridized carbons (Fsp3) is 0.429. The highest BCUT2D eigenvalue weighted by Crippen LogP contribution is 2.28. The van der Waals surface area contributed by atoms with Crippen LogP contribution in [-0.2, 0) is 20.0 Å². The number of aromatic nitrogens is 2. The minimum Gasteiger partial charge on any atom is -0.337 e. The minimum atomic E-state index is 0.0559. The maximum absolute atomic E-state index is 13.5. The summed E-state index contributed by atoms with van der Waals surface area (Å²) in [5, 5.41) is 4.39. The van der Waals surface area contributed by atoms with E-state index >= 15 is 0 Å². The molecule has 1 amide bonds. The maximum Gasteiger partial charge on any atom is 0.272 e. The predicted molar refractivity (Wildman–Crippen MR) is 140 cm³/mol. The topological polar surface area (TPSA) is 41.4 Å².